The number of hydrogen-bond acceptors (Lipinski definition) is 7. The van der Waals surface area contributed by atoms with Gasteiger partial charge in [0.15, 0.2) is 5.92 Å². The summed E-state index contributed by atoms with van der Waals surface area (Å²) in [6, 6.07) is 8.24. The van der Waals surface area contributed by atoms with E-state index in [2.05, 4.69) is 10.1 Å². The average molecular weight is 332 g/mol. The van der Waals surface area contributed by atoms with Crippen LogP contribution >= 0.6 is 0 Å². The van der Waals surface area contributed by atoms with E-state index in [0.717, 1.165) is 0 Å². The molecule has 24 heavy (non-hydrogen) atoms. The molecule has 0 spiro atoms. The van der Waals surface area contributed by atoms with Gasteiger partial charge in [-0.3, -0.25) is 9.59 Å². The highest BCUT2D eigenvalue weighted by Gasteiger charge is 2.40. The van der Waals surface area contributed by atoms with Crippen molar-refractivity contribution in [2.45, 2.75) is 19.9 Å². The third-order valence-corrected chi connectivity index (χ3v) is 3.35. The van der Waals surface area contributed by atoms with Crippen LogP contribution < -0.4 is 5.73 Å². The first-order valence-electron chi connectivity index (χ1n) is 7.63. The number of nitrogens with two attached hydrogens (primary N) is 1. The van der Waals surface area contributed by atoms with Crippen LogP contribution in [0.25, 0.3) is 0 Å². The summed E-state index contributed by atoms with van der Waals surface area (Å²) in [6.07, 6.45) is 1.37. The number of ether oxygens (including phenoxy) is 2. The van der Waals surface area contributed by atoms with Crippen molar-refractivity contribution in [3.05, 3.63) is 42.2 Å². The molecule has 0 saturated heterocycles. The highest BCUT2D eigenvalue weighted by atomic mass is 16.6. The Balaban J connectivity index is 2.51. The molecule has 1 unspecified atom stereocenters. The molecule has 1 atom stereocenters. The fraction of sp³-hybridized carbons (Fsp3) is 0.375. The Bertz CT molecular complexity index is 668. The first-order chi connectivity index (χ1) is 11.6. The third-order valence-electron chi connectivity index (χ3n) is 3.35. The molecule has 2 rings (SSSR count). The number of aromatic nitrogens is 3. The predicted molar refractivity (Wildman–Crippen MR) is 85.8 cm³/mol. The van der Waals surface area contributed by atoms with Crippen molar-refractivity contribution >= 4 is 17.9 Å². The van der Waals surface area contributed by atoms with E-state index in [9.17, 15) is 9.59 Å². The molecule has 0 aliphatic rings. The first kappa shape index (κ1) is 17.5. The highest BCUT2D eigenvalue weighted by molar-refractivity contribution is 5.96. The lowest BCUT2D eigenvalue weighted by Gasteiger charge is -2.24. The van der Waals surface area contributed by atoms with Crippen LogP contribution in [0.1, 0.15) is 25.5 Å². The molecule has 0 fully saturated rings. The maximum absolute atomic E-state index is 12.4. The van der Waals surface area contributed by atoms with Crippen molar-refractivity contribution in [3.8, 4) is 0 Å². The summed E-state index contributed by atoms with van der Waals surface area (Å²) in [5.74, 6) is -2.53. The predicted octanol–water partition coefficient (Wildman–Crippen LogP) is 1.19. The Morgan fingerprint density at radius 3 is 2.17 bits per heavy atom. The summed E-state index contributed by atoms with van der Waals surface area (Å²) >= 11 is 0. The van der Waals surface area contributed by atoms with Crippen LogP contribution in [0, 0.1) is 5.92 Å². The summed E-state index contributed by atoms with van der Waals surface area (Å²) < 4.78 is 11.5. The maximum atomic E-state index is 12.4. The van der Waals surface area contributed by atoms with Crippen LogP contribution in [0.2, 0.25) is 0 Å². The van der Waals surface area contributed by atoms with Crippen LogP contribution in [0.5, 0.6) is 0 Å². The Kier molecular flexibility index (Phi) is 5.89. The number of benzene rings is 1. The molecule has 0 aliphatic heterocycles. The molecule has 8 nitrogen and oxygen atoms in total. The van der Waals surface area contributed by atoms with E-state index in [1.165, 1.54) is 11.0 Å². The summed E-state index contributed by atoms with van der Waals surface area (Å²) in [5.41, 5.74) is 6.28. The van der Waals surface area contributed by atoms with Gasteiger partial charge in [0.25, 0.3) is 0 Å². The molecule has 0 amide bonds. The second-order valence-corrected chi connectivity index (χ2v) is 4.92. The molecule has 0 bridgehead atoms. The number of esters is 2. The standard InChI is InChI=1S/C16H20N4O4/c1-3-23-14(21)12(15(22)24-4-2)13(11-8-6-5-7-9-11)20-10-18-16(17)19-20/h5-10,12-13H,3-4H2,1-2H3,(H2,17,19). The summed E-state index contributed by atoms with van der Waals surface area (Å²) in [7, 11) is 0. The number of carbonyl (C=O) groups excluding carboxylic acids is 2. The Hall–Kier alpha value is -2.90. The lowest BCUT2D eigenvalue weighted by molar-refractivity contribution is -0.163. The molecule has 1 aromatic carbocycles. The normalized spacial score (nSPS) is 12.0. The molecular weight excluding hydrogens is 312 g/mol. The lowest BCUT2D eigenvalue weighted by atomic mass is 9.93. The van der Waals surface area contributed by atoms with Gasteiger partial charge >= 0.3 is 11.9 Å². The van der Waals surface area contributed by atoms with Crippen LogP contribution in [-0.4, -0.2) is 39.9 Å². The van der Waals surface area contributed by atoms with Crippen molar-refractivity contribution in [1.29, 1.82) is 0 Å². The molecule has 1 aromatic heterocycles. The zero-order valence-electron chi connectivity index (χ0n) is 13.6. The smallest absolute Gasteiger partial charge is 0.322 e. The molecule has 0 aliphatic carbocycles. The van der Waals surface area contributed by atoms with E-state index >= 15 is 0 Å². The largest absolute Gasteiger partial charge is 0.465 e. The first-order valence-corrected chi connectivity index (χ1v) is 7.63. The van der Waals surface area contributed by atoms with Gasteiger partial charge in [-0.1, -0.05) is 30.3 Å². The maximum Gasteiger partial charge on any atom is 0.322 e. The third kappa shape index (κ3) is 3.89. The van der Waals surface area contributed by atoms with Crippen LogP contribution in [0.3, 0.4) is 0 Å². The number of hydrogen-bond donors (Lipinski definition) is 1. The van der Waals surface area contributed by atoms with E-state index in [1.807, 2.05) is 6.07 Å². The van der Waals surface area contributed by atoms with Crippen molar-refractivity contribution in [3.63, 3.8) is 0 Å². The monoisotopic (exact) mass is 332 g/mol. The van der Waals surface area contributed by atoms with Gasteiger partial charge in [0, 0.05) is 0 Å². The van der Waals surface area contributed by atoms with Gasteiger partial charge in [-0.25, -0.2) is 9.67 Å². The fourth-order valence-electron chi connectivity index (χ4n) is 2.39. The molecule has 1 heterocycles. The minimum Gasteiger partial charge on any atom is -0.465 e. The number of carbonyl (C=O) groups is 2. The second kappa shape index (κ2) is 8.09. The van der Waals surface area contributed by atoms with Gasteiger partial charge in [0.05, 0.1) is 13.2 Å². The average Bonchev–Trinajstić information content (AvgIpc) is 2.99. The quantitative estimate of drug-likeness (QED) is 0.599. The van der Waals surface area contributed by atoms with Gasteiger partial charge in [-0.15, -0.1) is 5.10 Å². The molecular formula is C16H20N4O4. The van der Waals surface area contributed by atoms with Gasteiger partial charge in [0.1, 0.15) is 12.4 Å². The molecule has 0 saturated carbocycles. The van der Waals surface area contributed by atoms with E-state index in [-0.39, 0.29) is 19.2 Å². The van der Waals surface area contributed by atoms with E-state index < -0.39 is 23.9 Å². The van der Waals surface area contributed by atoms with E-state index in [0.29, 0.717) is 5.56 Å². The highest BCUT2D eigenvalue weighted by Crippen LogP contribution is 2.28. The minimum atomic E-state index is -1.21. The number of anilines is 1. The minimum absolute atomic E-state index is 0.0439. The van der Waals surface area contributed by atoms with Crippen molar-refractivity contribution in [1.82, 2.24) is 14.8 Å². The molecule has 2 aromatic rings. The molecule has 8 heteroatoms. The Morgan fingerprint density at radius 1 is 1.12 bits per heavy atom. The zero-order chi connectivity index (χ0) is 17.5. The van der Waals surface area contributed by atoms with Crippen molar-refractivity contribution < 1.29 is 19.1 Å². The second-order valence-electron chi connectivity index (χ2n) is 4.92. The Labute approximate surface area is 139 Å². The summed E-state index contributed by atoms with van der Waals surface area (Å²) in [6.45, 7) is 3.64. The number of rotatable bonds is 7. The SMILES string of the molecule is CCOC(=O)C(C(=O)OCC)C(c1ccccc1)n1cnc(N)n1. The van der Waals surface area contributed by atoms with Crippen molar-refractivity contribution in [2.24, 2.45) is 5.92 Å². The van der Waals surface area contributed by atoms with Crippen molar-refractivity contribution in [2.75, 3.05) is 18.9 Å². The number of nitrogen functional groups attached to an aromatic ring is 1. The van der Waals surface area contributed by atoms with Crippen LogP contribution in [0.4, 0.5) is 5.95 Å². The topological polar surface area (TPSA) is 109 Å². The summed E-state index contributed by atoms with van der Waals surface area (Å²) in [4.78, 5) is 28.8. The zero-order valence-corrected chi connectivity index (χ0v) is 13.6. The van der Waals surface area contributed by atoms with Gasteiger partial charge in [-0.05, 0) is 19.4 Å². The van der Waals surface area contributed by atoms with Gasteiger partial charge in [-0.2, -0.15) is 0 Å². The summed E-state index contributed by atoms with van der Waals surface area (Å²) in [5, 5.41) is 4.06. The molecule has 128 valence electrons. The van der Waals surface area contributed by atoms with E-state index in [4.69, 9.17) is 15.2 Å². The number of nitrogens with zero attached hydrogens (tertiary/aromatic N) is 3. The van der Waals surface area contributed by atoms with Gasteiger partial charge < -0.3 is 15.2 Å². The van der Waals surface area contributed by atoms with E-state index in [1.54, 1.807) is 38.1 Å². The fourth-order valence-corrected chi connectivity index (χ4v) is 2.39. The Morgan fingerprint density at radius 2 is 1.71 bits per heavy atom. The molecule has 2 N–H and O–H groups in total. The van der Waals surface area contributed by atoms with Crippen LogP contribution in [0.15, 0.2) is 36.7 Å². The lowest BCUT2D eigenvalue weighted by Crippen LogP contribution is -2.37. The molecule has 0 radical (unpaired) electrons. The van der Waals surface area contributed by atoms with Crippen LogP contribution in [-0.2, 0) is 19.1 Å². The van der Waals surface area contributed by atoms with Gasteiger partial charge in [0.2, 0.25) is 5.95 Å².